The number of rotatable bonds is 4. The van der Waals surface area contributed by atoms with Crippen LogP contribution in [0.15, 0.2) is 30.6 Å². The predicted octanol–water partition coefficient (Wildman–Crippen LogP) is 2.10. The van der Waals surface area contributed by atoms with Crippen LogP contribution < -0.4 is 5.32 Å². The van der Waals surface area contributed by atoms with Crippen molar-refractivity contribution in [2.75, 3.05) is 12.4 Å². The van der Waals surface area contributed by atoms with E-state index in [1.54, 1.807) is 0 Å². The summed E-state index contributed by atoms with van der Waals surface area (Å²) in [6.45, 7) is -0.0608. The van der Waals surface area contributed by atoms with Gasteiger partial charge in [-0.25, -0.2) is 4.39 Å². The lowest BCUT2D eigenvalue weighted by molar-refractivity contribution is -0.141. The van der Waals surface area contributed by atoms with Crippen LogP contribution in [0, 0.1) is 5.82 Å². The van der Waals surface area contributed by atoms with Gasteiger partial charge in [0, 0.05) is 11.8 Å². The quantitative estimate of drug-likeness (QED) is 0.878. The maximum atomic E-state index is 13.0. The average molecular weight is 312 g/mol. The van der Waals surface area contributed by atoms with Crippen molar-refractivity contribution in [3.05, 3.63) is 47.0 Å². The lowest BCUT2D eigenvalue weighted by Gasteiger charge is -2.03. The molecule has 1 aromatic heterocycles. The van der Waals surface area contributed by atoms with E-state index in [4.69, 9.17) is 11.6 Å². The smallest absolute Gasteiger partial charge is 0.327 e. The van der Waals surface area contributed by atoms with Gasteiger partial charge in [0.1, 0.15) is 12.4 Å². The van der Waals surface area contributed by atoms with Gasteiger partial charge in [-0.05, 0) is 18.2 Å². The number of carbonyl (C=O) groups excluding carboxylic acids is 2. The van der Waals surface area contributed by atoms with Crippen LogP contribution in [0.25, 0.3) is 0 Å². The molecule has 2 aromatic rings. The topological polar surface area (TPSA) is 73.2 Å². The van der Waals surface area contributed by atoms with Crippen LogP contribution in [0.4, 0.5) is 10.1 Å². The molecule has 0 saturated heterocycles. The molecule has 110 valence electrons. The number of anilines is 1. The number of halogens is 2. The zero-order chi connectivity index (χ0) is 15.4. The molecule has 0 unspecified atom stereocenters. The molecule has 2 rings (SSSR count). The van der Waals surface area contributed by atoms with E-state index in [1.807, 2.05) is 0 Å². The van der Waals surface area contributed by atoms with Crippen molar-refractivity contribution >= 4 is 29.2 Å². The maximum absolute atomic E-state index is 13.0. The van der Waals surface area contributed by atoms with Crippen LogP contribution in [-0.4, -0.2) is 28.8 Å². The Kier molecular flexibility index (Phi) is 4.54. The third-order valence-electron chi connectivity index (χ3n) is 2.59. The van der Waals surface area contributed by atoms with Crippen molar-refractivity contribution in [1.29, 1.82) is 0 Å². The molecule has 1 amide bonds. The highest BCUT2D eigenvalue weighted by molar-refractivity contribution is 6.31. The Morgan fingerprint density at radius 3 is 2.90 bits per heavy atom. The second-order valence-corrected chi connectivity index (χ2v) is 4.49. The monoisotopic (exact) mass is 311 g/mol. The minimum atomic E-state index is -0.598. The number of ether oxygens (including phenoxy) is 1. The van der Waals surface area contributed by atoms with E-state index >= 15 is 0 Å². The molecule has 21 heavy (non-hydrogen) atoms. The molecule has 8 heteroatoms. The molecule has 6 nitrogen and oxygen atoms in total. The standard InChI is InChI=1S/C13H11ClFN3O3/c1-21-12(19)7-18-6-9(5-16-18)17-13(20)8-2-3-11(15)10(14)4-8/h2-6H,7H2,1H3,(H,17,20). The number of aromatic nitrogens is 2. The molecule has 1 N–H and O–H groups in total. The van der Waals surface area contributed by atoms with Crippen LogP contribution in [-0.2, 0) is 16.1 Å². The van der Waals surface area contributed by atoms with Crippen LogP contribution in [0.3, 0.4) is 0 Å². The maximum Gasteiger partial charge on any atom is 0.327 e. The molecule has 1 heterocycles. The zero-order valence-corrected chi connectivity index (χ0v) is 11.7. The van der Waals surface area contributed by atoms with E-state index in [9.17, 15) is 14.0 Å². The van der Waals surface area contributed by atoms with Gasteiger partial charge in [0.15, 0.2) is 0 Å². The number of benzene rings is 1. The van der Waals surface area contributed by atoms with Gasteiger partial charge < -0.3 is 10.1 Å². The van der Waals surface area contributed by atoms with Crippen molar-refractivity contribution in [2.24, 2.45) is 0 Å². The molecule has 0 bridgehead atoms. The molecule has 0 atom stereocenters. The van der Waals surface area contributed by atoms with Crippen LogP contribution in [0.1, 0.15) is 10.4 Å². The van der Waals surface area contributed by atoms with E-state index < -0.39 is 17.7 Å². The Bertz CT molecular complexity index is 687. The van der Waals surface area contributed by atoms with Gasteiger partial charge in [-0.1, -0.05) is 11.6 Å². The first kappa shape index (κ1) is 15.0. The molecular formula is C13H11ClFN3O3. The molecule has 0 radical (unpaired) electrons. The van der Waals surface area contributed by atoms with Crippen molar-refractivity contribution in [3.8, 4) is 0 Å². The summed E-state index contributed by atoms with van der Waals surface area (Å²) in [6, 6.07) is 3.65. The third kappa shape index (κ3) is 3.79. The second-order valence-electron chi connectivity index (χ2n) is 4.09. The molecule has 0 fully saturated rings. The number of nitrogens with one attached hydrogen (secondary N) is 1. The van der Waals surface area contributed by atoms with Gasteiger partial charge in [0.05, 0.1) is 24.0 Å². The largest absolute Gasteiger partial charge is 0.468 e. The van der Waals surface area contributed by atoms with Gasteiger partial charge in [0.25, 0.3) is 5.91 Å². The highest BCUT2D eigenvalue weighted by atomic mass is 35.5. The lowest BCUT2D eigenvalue weighted by atomic mass is 10.2. The lowest BCUT2D eigenvalue weighted by Crippen LogP contribution is -2.13. The van der Waals surface area contributed by atoms with Crippen molar-refractivity contribution < 1.29 is 18.7 Å². The molecule has 0 aliphatic rings. The van der Waals surface area contributed by atoms with Crippen LogP contribution in [0.2, 0.25) is 5.02 Å². The molecule has 0 spiro atoms. The first-order chi connectivity index (χ1) is 9.99. The van der Waals surface area contributed by atoms with Gasteiger partial charge in [0.2, 0.25) is 0 Å². The summed E-state index contributed by atoms with van der Waals surface area (Å²) in [4.78, 5) is 23.0. The van der Waals surface area contributed by atoms with Gasteiger partial charge in [-0.2, -0.15) is 5.10 Å². The van der Waals surface area contributed by atoms with E-state index in [-0.39, 0.29) is 17.1 Å². The van der Waals surface area contributed by atoms with Crippen molar-refractivity contribution in [2.45, 2.75) is 6.54 Å². The summed E-state index contributed by atoms with van der Waals surface area (Å²) in [7, 11) is 1.27. The van der Waals surface area contributed by atoms with E-state index in [0.29, 0.717) is 5.69 Å². The highest BCUT2D eigenvalue weighted by Gasteiger charge is 2.11. The Morgan fingerprint density at radius 2 is 2.24 bits per heavy atom. The van der Waals surface area contributed by atoms with Crippen LogP contribution >= 0.6 is 11.6 Å². The Labute approximate surface area is 124 Å². The number of hydrogen-bond donors (Lipinski definition) is 1. The third-order valence-corrected chi connectivity index (χ3v) is 2.88. The summed E-state index contributed by atoms with van der Waals surface area (Å²) in [5, 5.41) is 6.32. The summed E-state index contributed by atoms with van der Waals surface area (Å²) in [5.41, 5.74) is 0.603. The van der Waals surface area contributed by atoms with Gasteiger partial charge in [-0.15, -0.1) is 0 Å². The van der Waals surface area contributed by atoms with E-state index in [0.717, 1.165) is 6.07 Å². The number of amides is 1. The Hall–Kier alpha value is -2.41. The molecule has 0 saturated carbocycles. The summed E-state index contributed by atoms with van der Waals surface area (Å²) in [5.74, 6) is -1.52. The van der Waals surface area contributed by atoms with E-state index in [2.05, 4.69) is 15.2 Å². The fraction of sp³-hybridized carbons (Fsp3) is 0.154. The highest BCUT2D eigenvalue weighted by Crippen LogP contribution is 2.17. The van der Waals surface area contributed by atoms with Crippen LogP contribution in [0.5, 0.6) is 0 Å². The number of methoxy groups -OCH3 is 1. The fourth-order valence-corrected chi connectivity index (χ4v) is 1.73. The minimum Gasteiger partial charge on any atom is -0.468 e. The second kappa shape index (κ2) is 6.36. The SMILES string of the molecule is COC(=O)Cn1cc(NC(=O)c2ccc(F)c(Cl)c2)cn1. The first-order valence-corrected chi connectivity index (χ1v) is 6.23. The fourth-order valence-electron chi connectivity index (χ4n) is 1.55. The number of hydrogen-bond acceptors (Lipinski definition) is 4. The Morgan fingerprint density at radius 1 is 1.48 bits per heavy atom. The number of esters is 1. The summed E-state index contributed by atoms with van der Waals surface area (Å²) < 4.78 is 18.8. The molecule has 0 aliphatic carbocycles. The molecule has 1 aromatic carbocycles. The first-order valence-electron chi connectivity index (χ1n) is 5.85. The average Bonchev–Trinajstić information content (AvgIpc) is 2.88. The zero-order valence-electron chi connectivity index (χ0n) is 11.0. The van der Waals surface area contributed by atoms with Crippen molar-refractivity contribution in [3.63, 3.8) is 0 Å². The Balaban J connectivity index is 2.05. The van der Waals surface area contributed by atoms with Gasteiger partial charge >= 0.3 is 5.97 Å². The number of nitrogens with zero attached hydrogens (tertiary/aromatic N) is 2. The molecule has 0 aliphatic heterocycles. The normalized spacial score (nSPS) is 10.2. The number of carbonyl (C=O) groups is 2. The predicted molar refractivity (Wildman–Crippen MR) is 73.6 cm³/mol. The van der Waals surface area contributed by atoms with E-state index in [1.165, 1.54) is 36.3 Å². The summed E-state index contributed by atoms with van der Waals surface area (Å²) in [6.07, 6.45) is 2.85. The summed E-state index contributed by atoms with van der Waals surface area (Å²) >= 11 is 5.62. The molecular weight excluding hydrogens is 301 g/mol. The van der Waals surface area contributed by atoms with Gasteiger partial charge in [-0.3, -0.25) is 14.3 Å². The minimum absolute atomic E-state index is 0.0608. The van der Waals surface area contributed by atoms with Crippen molar-refractivity contribution in [1.82, 2.24) is 9.78 Å².